The summed E-state index contributed by atoms with van der Waals surface area (Å²) in [6, 6.07) is 5.54. The van der Waals surface area contributed by atoms with E-state index in [4.69, 9.17) is 4.74 Å². The molecule has 0 radical (unpaired) electrons. The van der Waals surface area contributed by atoms with Crippen LogP contribution in [-0.2, 0) is 0 Å². The SMILES string of the molecule is CCCOc1cccc2c(=O)c(I)c[nH]c12. The van der Waals surface area contributed by atoms with E-state index >= 15 is 0 Å². The van der Waals surface area contributed by atoms with Crippen molar-refractivity contribution in [2.75, 3.05) is 6.61 Å². The highest BCUT2D eigenvalue weighted by atomic mass is 127. The van der Waals surface area contributed by atoms with Crippen molar-refractivity contribution in [3.63, 3.8) is 0 Å². The highest BCUT2D eigenvalue weighted by Crippen LogP contribution is 2.21. The summed E-state index contributed by atoms with van der Waals surface area (Å²) in [4.78, 5) is 15.0. The van der Waals surface area contributed by atoms with Gasteiger partial charge in [-0.25, -0.2) is 0 Å². The van der Waals surface area contributed by atoms with Crippen LogP contribution in [0.15, 0.2) is 29.2 Å². The Bertz CT molecular complexity index is 562. The van der Waals surface area contributed by atoms with Crippen LogP contribution in [0.3, 0.4) is 0 Å². The van der Waals surface area contributed by atoms with Gasteiger partial charge in [0.2, 0.25) is 5.43 Å². The van der Waals surface area contributed by atoms with Crippen molar-refractivity contribution in [2.45, 2.75) is 13.3 Å². The molecule has 0 bridgehead atoms. The predicted molar refractivity (Wildman–Crippen MR) is 73.1 cm³/mol. The monoisotopic (exact) mass is 329 g/mol. The first-order valence-corrected chi connectivity index (χ1v) is 6.24. The van der Waals surface area contributed by atoms with Gasteiger partial charge in [-0.3, -0.25) is 4.79 Å². The molecule has 1 aromatic heterocycles. The van der Waals surface area contributed by atoms with Crippen LogP contribution in [0.2, 0.25) is 0 Å². The quantitative estimate of drug-likeness (QED) is 0.880. The Morgan fingerprint density at radius 1 is 1.44 bits per heavy atom. The third-order valence-corrected chi connectivity index (χ3v) is 3.09. The van der Waals surface area contributed by atoms with Gasteiger partial charge in [-0.15, -0.1) is 0 Å². The lowest BCUT2D eigenvalue weighted by Crippen LogP contribution is -2.07. The second kappa shape index (κ2) is 4.86. The summed E-state index contributed by atoms with van der Waals surface area (Å²) in [6.45, 7) is 2.71. The third-order valence-electron chi connectivity index (χ3n) is 2.29. The van der Waals surface area contributed by atoms with E-state index in [-0.39, 0.29) is 5.43 Å². The molecule has 16 heavy (non-hydrogen) atoms. The highest BCUT2D eigenvalue weighted by Gasteiger charge is 2.06. The number of nitrogens with one attached hydrogen (secondary N) is 1. The Labute approximate surface area is 107 Å². The van der Waals surface area contributed by atoms with Crippen LogP contribution in [0.25, 0.3) is 10.9 Å². The van der Waals surface area contributed by atoms with Gasteiger partial charge in [-0.05, 0) is 41.1 Å². The van der Waals surface area contributed by atoms with Crippen LogP contribution in [0.4, 0.5) is 0 Å². The number of H-pyrrole nitrogens is 1. The number of aromatic nitrogens is 1. The molecule has 0 amide bonds. The van der Waals surface area contributed by atoms with E-state index in [9.17, 15) is 4.79 Å². The lowest BCUT2D eigenvalue weighted by atomic mass is 10.2. The standard InChI is InChI=1S/C12H12INO2/c1-2-6-16-10-5-3-4-8-11(10)14-7-9(13)12(8)15/h3-5,7H,2,6H2,1H3,(H,14,15). The van der Waals surface area contributed by atoms with Crippen molar-refractivity contribution < 1.29 is 4.74 Å². The molecule has 0 aliphatic carbocycles. The number of benzene rings is 1. The van der Waals surface area contributed by atoms with Crippen molar-refractivity contribution in [2.24, 2.45) is 0 Å². The molecule has 1 N–H and O–H groups in total. The largest absolute Gasteiger partial charge is 0.491 e. The first-order chi connectivity index (χ1) is 7.74. The van der Waals surface area contributed by atoms with E-state index in [0.29, 0.717) is 15.6 Å². The number of halogens is 1. The number of para-hydroxylation sites is 1. The number of hydrogen-bond donors (Lipinski definition) is 1. The molecule has 0 spiro atoms. The van der Waals surface area contributed by atoms with Crippen LogP contribution in [0.5, 0.6) is 5.75 Å². The average molecular weight is 329 g/mol. The number of fused-ring (bicyclic) bond motifs is 1. The maximum Gasteiger partial charge on any atom is 0.202 e. The van der Waals surface area contributed by atoms with Gasteiger partial charge in [0.15, 0.2) is 0 Å². The van der Waals surface area contributed by atoms with E-state index in [1.165, 1.54) is 0 Å². The van der Waals surface area contributed by atoms with E-state index in [0.717, 1.165) is 17.7 Å². The van der Waals surface area contributed by atoms with Crippen molar-refractivity contribution >= 4 is 33.5 Å². The average Bonchev–Trinajstić information content (AvgIpc) is 2.31. The Balaban J connectivity index is 2.60. The van der Waals surface area contributed by atoms with Gasteiger partial charge < -0.3 is 9.72 Å². The second-order valence-corrected chi connectivity index (χ2v) is 4.66. The smallest absolute Gasteiger partial charge is 0.202 e. The van der Waals surface area contributed by atoms with E-state index < -0.39 is 0 Å². The number of aromatic amines is 1. The van der Waals surface area contributed by atoms with Crippen molar-refractivity contribution in [1.82, 2.24) is 4.98 Å². The van der Waals surface area contributed by atoms with E-state index in [1.807, 2.05) is 40.8 Å². The Kier molecular flexibility index (Phi) is 3.48. The Hall–Kier alpha value is -1.04. The molecule has 0 saturated heterocycles. The topological polar surface area (TPSA) is 42.1 Å². The van der Waals surface area contributed by atoms with Crippen molar-refractivity contribution in [3.05, 3.63) is 38.2 Å². The molecule has 1 aromatic carbocycles. The lowest BCUT2D eigenvalue weighted by Gasteiger charge is -2.07. The van der Waals surface area contributed by atoms with Crippen molar-refractivity contribution in [1.29, 1.82) is 0 Å². The molecule has 84 valence electrons. The molecule has 2 aromatic rings. The summed E-state index contributed by atoms with van der Waals surface area (Å²) < 4.78 is 6.28. The third kappa shape index (κ3) is 2.07. The lowest BCUT2D eigenvalue weighted by molar-refractivity contribution is 0.320. The molecule has 4 heteroatoms. The maximum atomic E-state index is 11.9. The van der Waals surface area contributed by atoms with Gasteiger partial charge in [0.1, 0.15) is 5.75 Å². The van der Waals surface area contributed by atoms with Gasteiger partial charge in [-0.1, -0.05) is 13.0 Å². The van der Waals surface area contributed by atoms with Crippen LogP contribution in [0, 0.1) is 3.57 Å². The number of hydrogen-bond acceptors (Lipinski definition) is 2. The molecule has 1 heterocycles. The minimum Gasteiger partial charge on any atom is -0.491 e. The summed E-state index contributed by atoms with van der Waals surface area (Å²) in [5.74, 6) is 0.743. The van der Waals surface area contributed by atoms with Crippen LogP contribution in [0.1, 0.15) is 13.3 Å². The van der Waals surface area contributed by atoms with E-state index in [2.05, 4.69) is 11.9 Å². The first kappa shape index (κ1) is 11.4. The molecular weight excluding hydrogens is 317 g/mol. The summed E-state index contributed by atoms with van der Waals surface area (Å²) in [6.07, 6.45) is 2.66. The number of pyridine rings is 1. The molecule has 0 fully saturated rings. The Morgan fingerprint density at radius 2 is 2.25 bits per heavy atom. The molecule has 2 rings (SSSR count). The molecule has 0 saturated carbocycles. The van der Waals surface area contributed by atoms with Crippen LogP contribution in [-0.4, -0.2) is 11.6 Å². The van der Waals surface area contributed by atoms with Gasteiger partial charge in [0.05, 0.1) is 21.1 Å². The first-order valence-electron chi connectivity index (χ1n) is 5.16. The van der Waals surface area contributed by atoms with Gasteiger partial charge in [-0.2, -0.15) is 0 Å². The summed E-state index contributed by atoms with van der Waals surface area (Å²) in [7, 11) is 0. The number of rotatable bonds is 3. The van der Waals surface area contributed by atoms with Gasteiger partial charge in [0, 0.05) is 6.20 Å². The van der Waals surface area contributed by atoms with Gasteiger partial charge in [0.25, 0.3) is 0 Å². The molecule has 0 unspecified atom stereocenters. The summed E-state index contributed by atoms with van der Waals surface area (Å²) >= 11 is 2.03. The van der Waals surface area contributed by atoms with Crippen molar-refractivity contribution in [3.8, 4) is 5.75 Å². The van der Waals surface area contributed by atoms with Crippen LogP contribution < -0.4 is 10.2 Å². The summed E-state index contributed by atoms with van der Waals surface area (Å²) in [5.41, 5.74) is 0.831. The highest BCUT2D eigenvalue weighted by molar-refractivity contribution is 14.1. The van der Waals surface area contributed by atoms with Crippen LogP contribution >= 0.6 is 22.6 Å². The fourth-order valence-corrected chi connectivity index (χ4v) is 1.98. The zero-order valence-corrected chi connectivity index (χ0v) is 11.1. The fourth-order valence-electron chi connectivity index (χ4n) is 1.53. The van der Waals surface area contributed by atoms with E-state index in [1.54, 1.807) is 6.20 Å². The second-order valence-electron chi connectivity index (χ2n) is 3.49. The molecular formula is C12H12INO2. The molecule has 0 aliphatic heterocycles. The summed E-state index contributed by atoms with van der Waals surface area (Å²) in [5, 5.41) is 0.681. The number of ether oxygens (including phenoxy) is 1. The molecule has 3 nitrogen and oxygen atoms in total. The molecule has 0 aliphatic rings. The van der Waals surface area contributed by atoms with Gasteiger partial charge >= 0.3 is 0 Å². The normalized spacial score (nSPS) is 10.6. The zero-order valence-electron chi connectivity index (χ0n) is 8.92. The maximum absolute atomic E-state index is 11.9. The minimum atomic E-state index is 0.0521. The predicted octanol–water partition coefficient (Wildman–Crippen LogP) is 2.92. The minimum absolute atomic E-state index is 0.0521. The molecule has 0 atom stereocenters. The zero-order chi connectivity index (χ0) is 11.5. The fraction of sp³-hybridized carbons (Fsp3) is 0.250. The Morgan fingerprint density at radius 3 is 3.00 bits per heavy atom.